The normalized spacial score (nSPS) is 27.4. The third-order valence-corrected chi connectivity index (χ3v) is 11.1. The molecule has 7 rings (SSSR count). The highest BCUT2D eigenvalue weighted by atomic mass is 16.8. The van der Waals surface area contributed by atoms with Crippen molar-refractivity contribution in [1.29, 1.82) is 0 Å². The average Bonchev–Trinajstić information content (AvgIpc) is 3.82. The lowest BCUT2D eigenvalue weighted by Crippen LogP contribution is -2.63. The van der Waals surface area contributed by atoms with Crippen LogP contribution in [0.5, 0.6) is 5.75 Å². The second-order valence-electron chi connectivity index (χ2n) is 16.6. The van der Waals surface area contributed by atoms with E-state index in [2.05, 4.69) is 0 Å². The molecule has 62 heavy (non-hydrogen) atoms. The van der Waals surface area contributed by atoms with Gasteiger partial charge in [-0.2, -0.15) is 0 Å². The van der Waals surface area contributed by atoms with Gasteiger partial charge in [0, 0.05) is 14.2 Å². The molecule has 0 amide bonds. The SMILES string of the molecule is COc1ccc(CO[C@@H]2[C@H](O[C@@H]([C@@H]3OC(C)(C)O[C@H]3C(OC)OC)[C@H]3COC(C)(C)O3)O[C@H](COCc3ccccc3)[C@H](OCc3ccccc3)[C@@H]2OCc2ccccc2)cc1. The summed E-state index contributed by atoms with van der Waals surface area (Å²) in [5.41, 5.74) is 3.90. The van der Waals surface area contributed by atoms with Crippen LogP contribution in [0.2, 0.25) is 0 Å². The van der Waals surface area contributed by atoms with Gasteiger partial charge in [-0.05, 0) is 62.1 Å². The van der Waals surface area contributed by atoms with E-state index in [1.807, 2.05) is 143 Å². The van der Waals surface area contributed by atoms with Gasteiger partial charge in [0.2, 0.25) is 0 Å². The molecule has 3 aliphatic heterocycles. The highest BCUT2D eigenvalue weighted by Crippen LogP contribution is 2.40. The topological polar surface area (TPSA) is 120 Å². The van der Waals surface area contributed by atoms with Crippen LogP contribution in [0.15, 0.2) is 115 Å². The Labute approximate surface area is 365 Å². The van der Waals surface area contributed by atoms with Gasteiger partial charge in [-0.3, -0.25) is 0 Å². The third kappa shape index (κ3) is 12.3. The minimum absolute atomic E-state index is 0.152. The highest BCUT2D eigenvalue weighted by molar-refractivity contribution is 5.27. The van der Waals surface area contributed by atoms with Crippen molar-refractivity contribution in [3.05, 3.63) is 138 Å². The predicted octanol–water partition coefficient (Wildman–Crippen LogP) is 7.37. The first-order valence-electron chi connectivity index (χ1n) is 21.3. The number of rotatable bonds is 21. The molecule has 336 valence electrons. The molecule has 0 aliphatic carbocycles. The molecule has 13 nitrogen and oxygen atoms in total. The quantitative estimate of drug-likeness (QED) is 0.0777. The lowest BCUT2D eigenvalue weighted by molar-refractivity contribution is -0.348. The molecule has 0 bridgehead atoms. The van der Waals surface area contributed by atoms with E-state index in [-0.39, 0.29) is 33.0 Å². The van der Waals surface area contributed by atoms with Gasteiger partial charge in [-0.15, -0.1) is 0 Å². The first-order valence-corrected chi connectivity index (χ1v) is 21.3. The standard InChI is InChI=1S/C49H62O13/c1-48(2)57-32-39(60-48)41(43-45(46(51-6)52-7)62-49(3,4)61-43)59-47-44(56-30-36-23-25-37(50-5)26-24-36)42(55-29-35-21-15-10-16-22-35)40(54-28-34-19-13-9-14-20-34)38(58-47)31-53-27-33-17-11-8-12-18-33/h8-26,38-47H,27-32H2,1-7H3/t38-,39-,40+,41-,42+,43+,44+,45-,47+/m1/s1. The van der Waals surface area contributed by atoms with Crippen LogP contribution >= 0.6 is 0 Å². The van der Waals surface area contributed by atoms with Crippen molar-refractivity contribution in [2.24, 2.45) is 0 Å². The zero-order valence-corrected chi connectivity index (χ0v) is 36.8. The van der Waals surface area contributed by atoms with Gasteiger partial charge in [0.1, 0.15) is 54.6 Å². The van der Waals surface area contributed by atoms with Gasteiger partial charge in [0.25, 0.3) is 0 Å². The first-order chi connectivity index (χ1) is 30.0. The lowest BCUT2D eigenvalue weighted by Gasteiger charge is -2.47. The number of methoxy groups -OCH3 is 3. The molecule has 3 fully saturated rings. The maximum Gasteiger partial charge on any atom is 0.187 e. The van der Waals surface area contributed by atoms with E-state index >= 15 is 0 Å². The Morgan fingerprint density at radius 3 is 1.61 bits per heavy atom. The van der Waals surface area contributed by atoms with E-state index in [1.54, 1.807) is 21.3 Å². The van der Waals surface area contributed by atoms with Crippen LogP contribution in [-0.2, 0) is 83.3 Å². The van der Waals surface area contributed by atoms with Gasteiger partial charge >= 0.3 is 0 Å². The van der Waals surface area contributed by atoms with Gasteiger partial charge in [0.05, 0.1) is 46.8 Å². The molecule has 0 saturated carbocycles. The number of hydrogen-bond donors (Lipinski definition) is 0. The van der Waals surface area contributed by atoms with Crippen molar-refractivity contribution in [2.75, 3.05) is 34.5 Å². The summed E-state index contributed by atoms with van der Waals surface area (Å²) in [6.45, 7) is 8.88. The van der Waals surface area contributed by atoms with E-state index in [9.17, 15) is 0 Å². The summed E-state index contributed by atoms with van der Waals surface area (Å²) in [5.74, 6) is -1.19. The Morgan fingerprint density at radius 2 is 1.08 bits per heavy atom. The molecular formula is C49H62O13. The van der Waals surface area contributed by atoms with Crippen LogP contribution in [0, 0.1) is 0 Å². The van der Waals surface area contributed by atoms with Crippen LogP contribution in [0.1, 0.15) is 49.9 Å². The van der Waals surface area contributed by atoms with Crippen LogP contribution in [0.3, 0.4) is 0 Å². The minimum Gasteiger partial charge on any atom is -0.497 e. The summed E-state index contributed by atoms with van der Waals surface area (Å²) < 4.78 is 84.4. The fourth-order valence-corrected chi connectivity index (χ4v) is 8.06. The van der Waals surface area contributed by atoms with Gasteiger partial charge < -0.3 is 61.6 Å². The Balaban J connectivity index is 1.28. The molecule has 4 aromatic rings. The number of hydrogen-bond acceptors (Lipinski definition) is 13. The summed E-state index contributed by atoms with van der Waals surface area (Å²) >= 11 is 0. The summed E-state index contributed by atoms with van der Waals surface area (Å²) in [7, 11) is 4.76. The molecule has 0 aromatic heterocycles. The molecule has 3 aliphatic rings. The van der Waals surface area contributed by atoms with Crippen molar-refractivity contribution in [2.45, 2.75) is 127 Å². The van der Waals surface area contributed by atoms with Crippen molar-refractivity contribution in [3.63, 3.8) is 0 Å². The lowest BCUT2D eigenvalue weighted by atomic mass is 9.97. The van der Waals surface area contributed by atoms with E-state index < -0.39 is 73.0 Å². The average molecular weight is 859 g/mol. The van der Waals surface area contributed by atoms with Crippen molar-refractivity contribution >= 4 is 0 Å². The molecule has 0 unspecified atom stereocenters. The largest absolute Gasteiger partial charge is 0.497 e. The Kier molecular flexibility index (Phi) is 16.2. The zero-order chi connectivity index (χ0) is 43.5. The van der Waals surface area contributed by atoms with Gasteiger partial charge in [-0.25, -0.2) is 0 Å². The second-order valence-corrected chi connectivity index (χ2v) is 16.6. The minimum atomic E-state index is -1.08. The molecule has 0 spiro atoms. The van der Waals surface area contributed by atoms with Crippen molar-refractivity contribution in [1.82, 2.24) is 0 Å². The first kappa shape index (κ1) is 46.2. The van der Waals surface area contributed by atoms with E-state index in [0.717, 1.165) is 28.0 Å². The van der Waals surface area contributed by atoms with Crippen LogP contribution in [-0.4, -0.2) is 108 Å². The Bertz CT molecular complexity index is 1890. The third-order valence-electron chi connectivity index (χ3n) is 11.1. The molecule has 3 saturated heterocycles. The Hall–Kier alpha value is -3.80. The summed E-state index contributed by atoms with van der Waals surface area (Å²) in [6.07, 6.45) is -7.82. The fraction of sp³-hybridized carbons (Fsp3) is 0.510. The molecular weight excluding hydrogens is 797 g/mol. The van der Waals surface area contributed by atoms with Crippen LogP contribution in [0.4, 0.5) is 0 Å². The highest BCUT2D eigenvalue weighted by Gasteiger charge is 2.57. The van der Waals surface area contributed by atoms with Gasteiger partial charge in [0.15, 0.2) is 24.2 Å². The smallest absolute Gasteiger partial charge is 0.187 e. The summed E-state index contributed by atoms with van der Waals surface area (Å²) in [6, 6.07) is 37.7. The van der Waals surface area contributed by atoms with Crippen molar-refractivity contribution < 1.29 is 61.6 Å². The van der Waals surface area contributed by atoms with Crippen LogP contribution < -0.4 is 4.74 Å². The molecule has 0 N–H and O–H groups in total. The maximum atomic E-state index is 7.26. The van der Waals surface area contributed by atoms with Gasteiger partial charge in [-0.1, -0.05) is 103 Å². The van der Waals surface area contributed by atoms with Crippen LogP contribution in [0.25, 0.3) is 0 Å². The monoisotopic (exact) mass is 858 g/mol. The zero-order valence-electron chi connectivity index (χ0n) is 36.8. The molecule has 9 atom stereocenters. The van der Waals surface area contributed by atoms with E-state index in [0.29, 0.717) is 6.61 Å². The van der Waals surface area contributed by atoms with E-state index in [1.165, 1.54) is 0 Å². The molecule has 3 heterocycles. The number of benzene rings is 4. The fourth-order valence-electron chi connectivity index (χ4n) is 8.06. The predicted molar refractivity (Wildman–Crippen MR) is 228 cm³/mol. The Morgan fingerprint density at radius 1 is 0.565 bits per heavy atom. The molecule has 4 aromatic carbocycles. The summed E-state index contributed by atoms with van der Waals surface area (Å²) in [5, 5.41) is 0. The summed E-state index contributed by atoms with van der Waals surface area (Å²) in [4.78, 5) is 0. The molecule has 0 radical (unpaired) electrons. The maximum absolute atomic E-state index is 7.26. The van der Waals surface area contributed by atoms with Crippen molar-refractivity contribution in [3.8, 4) is 5.75 Å². The molecule has 13 heteroatoms. The number of ether oxygens (including phenoxy) is 13. The van der Waals surface area contributed by atoms with E-state index in [4.69, 9.17) is 61.6 Å². The second kappa shape index (κ2) is 21.7.